The number of anilines is 1. The molecule has 1 atom stereocenters. The predicted octanol–water partition coefficient (Wildman–Crippen LogP) is 3.35. The largest absolute Gasteiger partial charge is 0.416 e. The Hall–Kier alpha value is -1.44. The second-order valence-electron chi connectivity index (χ2n) is 3.97. The molecule has 0 fully saturated rings. The maximum Gasteiger partial charge on any atom is 0.416 e. The van der Waals surface area contributed by atoms with Crippen molar-refractivity contribution in [2.24, 2.45) is 0 Å². The van der Waals surface area contributed by atoms with Gasteiger partial charge >= 0.3 is 12.4 Å². The molecule has 108 valence electrons. The van der Waals surface area contributed by atoms with Gasteiger partial charge in [0.1, 0.15) is 0 Å². The first kappa shape index (κ1) is 15.6. The molecule has 2 N–H and O–H groups in total. The van der Waals surface area contributed by atoms with Gasteiger partial charge in [-0.05, 0) is 24.6 Å². The fourth-order valence-corrected chi connectivity index (χ4v) is 1.31. The molecule has 0 aliphatic carbocycles. The third-order valence-electron chi connectivity index (χ3n) is 2.43. The lowest BCUT2D eigenvalue weighted by atomic mass is 10.1. The Labute approximate surface area is 105 Å². The number of hydrogen-bond acceptors (Lipinski definition) is 2. The molecular weight excluding hydrogens is 276 g/mol. The molecule has 0 radical (unpaired) electrons. The molecule has 1 rings (SSSR count). The van der Waals surface area contributed by atoms with E-state index in [-0.39, 0.29) is 5.69 Å². The molecule has 0 aromatic heterocycles. The van der Waals surface area contributed by atoms with Crippen LogP contribution in [0.25, 0.3) is 0 Å². The van der Waals surface area contributed by atoms with Gasteiger partial charge in [0.2, 0.25) is 0 Å². The summed E-state index contributed by atoms with van der Waals surface area (Å²) in [6.07, 6.45) is -12.0. The van der Waals surface area contributed by atoms with Gasteiger partial charge in [-0.2, -0.15) is 26.3 Å². The van der Waals surface area contributed by atoms with Crippen LogP contribution in [0.3, 0.4) is 0 Å². The zero-order valence-corrected chi connectivity index (χ0v) is 9.73. The number of benzene rings is 1. The summed E-state index contributed by atoms with van der Waals surface area (Å²) in [6, 6.07) is 2.68. The number of aliphatic hydroxyl groups excluding tert-OH is 1. The fraction of sp³-hybridized carbons (Fsp3) is 0.455. The van der Waals surface area contributed by atoms with Crippen LogP contribution in [0.1, 0.15) is 11.1 Å². The van der Waals surface area contributed by atoms with Gasteiger partial charge in [-0.1, -0.05) is 6.07 Å². The van der Waals surface area contributed by atoms with Gasteiger partial charge in [-0.3, -0.25) is 0 Å². The van der Waals surface area contributed by atoms with E-state index in [1.807, 2.05) is 0 Å². The number of hydrogen-bond donors (Lipinski definition) is 2. The Morgan fingerprint density at radius 3 is 2.21 bits per heavy atom. The zero-order valence-electron chi connectivity index (χ0n) is 9.73. The lowest BCUT2D eigenvalue weighted by molar-refractivity contribution is -0.198. The number of aliphatic hydroxyl groups is 1. The van der Waals surface area contributed by atoms with E-state index >= 15 is 0 Å². The minimum absolute atomic E-state index is 0.0990. The molecule has 2 nitrogen and oxygen atoms in total. The normalized spacial score (nSPS) is 14.3. The lowest BCUT2D eigenvalue weighted by Crippen LogP contribution is -2.35. The molecule has 0 amide bonds. The third-order valence-corrected chi connectivity index (χ3v) is 2.43. The van der Waals surface area contributed by atoms with Crippen LogP contribution in [0.2, 0.25) is 0 Å². The summed E-state index contributed by atoms with van der Waals surface area (Å²) in [5.41, 5.74) is -0.720. The molecule has 1 aromatic carbocycles. The Morgan fingerprint density at radius 2 is 1.74 bits per heavy atom. The average molecular weight is 287 g/mol. The number of rotatable bonds is 3. The molecule has 1 aromatic rings. The van der Waals surface area contributed by atoms with Gasteiger partial charge in [-0.25, -0.2) is 0 Å². The summed E-state index contributed by atoms with van der Waals surface area (Å²) in [6.45, 7) is 0.536. The standard InChI is InChI=1S/C11H11F6NO/c1-6-2-3-7(10(12,13)14)4-8(6)18-5-9(19)11(15,16)17/h2-4,9,18-19H,5H2,1H3. The highest BCUT2D eigenvalue weighted by Crippen LogP contribution is 2.32. The van der Waals surface area contributed by atoms with Gasteiger partial charge in [0, 0.05) is 12.2 Å². The van der Waals surface area contributed by atoms with Gasteiger partial charge < -0.3 is 10.4 Å². The second-order valence-corrected chi connectivity index (χ2v) is 3.97. The smallest absolute Gasteiger partial charge is 0.382 e. The molecule has 0 saturated heterocycles. The van der Waals surface area contributed by atoms with Crippen LogP contribution in [-0.2, 0) is 6.18 Å². The maximum absolute atomic E-state index is 12.4. The lowest BCUT2D eigenvalue weighted by Gasteiger charge is -2.18. The van der Waals surface area contributed by atoms with Crippen LogP contribution in [0.5, 0.6) is 0 Å². The predicted molar refractivity (Wildman–Crippen MR) is 56.7 cm³/mol. The summed E-state index contributed by atoms with van der Waals surface area (Å²) in [7, 11) is 0. The van der Waals surface area contributed by atoms with Gasteiger partial charge in [0.05, 0.1) is 5.56 Å². The minimum atomic E-state index is -4.82. The molecular formula is C11H11F6NO. The first-order chi connectivity index (χ1) is 8.51. The topological polar surface area (TPSA) is 32.3 Å². The fourth-order valence-electron chi connectivity index (χ4n) is 1.31. The monoisotopic (exact) mass is 287 g/mol. The van der Waals surface area contributed by atoms with E-state index in [0.29, 0.717) is 11.6 Å². The van der Waals surface area contributed by atoms with Crippen molar-refractivity contribution in [3.8, 4) is 0 Å². The highest BCUT2D eigenvalue weighted by molar-refractivity contribution is 5.53. The van der Waals surface area contributed by atoms with Crippen molar-refractivity contribution in [3.63, 3.8) is 0 Å². The van der Waals surface area contributed by atoms with Crippen molar-refractivity contribution in [2.45, 2.75) is 25.4 Å². The van der Waals surface area contributed by atoms with E-state index in [2.05, 4.69) is 5.32 Å². The second kappa shape index (κ2) is 5.28. The molecule has 19 heavy (non-hydrogen) atoms. The molecule has 0 aliphatic rings. The summed E-state index contributed by atoms with van der Waals surface area (Å²) in [5, 5.41) is 10.9. The van der Waals surface area contributed by atoms with Crippen LogP contribution in [-0.4, -0.2) is 23.9 Å². The van der Waals surface area contributed by atoms with E-state index in [1.165, 1.54) is 6.92 Å². The average Bonchev–Trinajstić information content (AvgIpc) is 2.24. The summed E-state index contributed by atoms with van der Waals surface area (Å²) < 4.78 is 73.4. The molecule has 1 unspecified atom stereocenters. The number of alkyl halides is 6. The van der Waals surface area contributed by atoms with E-state index < -0.39 is 30.6 Å². The summed E-state index contributed by atoms with van der Waals surface area (Å²) >= 11 is 0. The Kier molecular flexibility index (Phi) is 4.34. The zero-order chi connectivity index (χ0) is 14.8. The Balaban J connectivity index is 2.84. The molecule has 0 saturated carbocycles. The highest BCUT2D eigenvalue weighted by Gasteiger charge is 2.38. The van der Waals surface area contributed by atoms with Crippen LogP contribution < -0.4 is 5.32 Å². The van der Waals surface area contributed by atoms with Crippen molar-refractivity contribution in [3.05, 3.63) is 29.3 Å². The highest BCUT2D eigenvalue weighted by atomic mass is 19.4. The first-order valence-electron chi connectivity index (χ1n) is 5.18. The van der Waals surface area contributed by atoms with Gasteiger partial charge in [0.15, 0.2) is 6.10 Å². The third kappa shape index (κ3) is 4.30. The van der Waals surface area contributed by atoms with Crippen LogP contribution in [0.15, 0.2) is 18.2 Å². The van der Waals surface area contributed by atoms with Crippen molar-refractivity contribution < 1.29 is 31.4 Å². The van der Waals surface area contributed by atoms with Crippen molar-refractivity contribution in [1.29, 1.82) is 0 Å². The molecule has 8 heteroatoms. The summed E-state index contributed by atoms with van der Waals surface area (Å²) in [5.74, 6) is 0. The maximum atomic E-state index is 12.4. The number of halogens is 6. The molecule has 0 bridgehead atoms. The Bertz CT molecular complexity index is 440. The molecule has 0 spiro atoms. The van der Waals surface area contributed by atoms with Crippen molar-refractivity contribution in [2.75, 3.05) is 11.9 Å². The summed E-state index contributed by atoms with van der Waals surface area (Å²) in [4.78, 5) is 0. The molecule has 0 aliphatic heterocycles. The van der Waals surface area contributed by atoms with Gasteiger partial charge in [0.25, 0.3) is 0 Å². The van der Waals surface area contributed by atoms with Crippen LogP contribution in [0, 0.1) is 6.92 Å². The van der Waals surface area contributed by atoms with Gasteiger partial charge in [-0.15, -0.1) is 0 Å². The first-order valence-corrected chi connectivity index (χ1v) is 5.18. The van der Waals surface area contributed by atoms with E-state index in [9.17, 15) is 26.3 Å². The molecule has 0 heterocycles. The SMILES string of the molecule is Cc1ccc(C(F)(F)F)cc1NCC(O)C(F)(F)F. The minimum Gasteiger partial charge on any atom is -0.382 e. The quantitative estimate of drug-likeness (QED) is 0.836. The van der Waals surface area contributed by atoms with Crippen LogP contribution in [0.4, 0.5) is 32.0 Å². The van der Waals surface area contributed by atoms with Crippen molar-refractivity contribution >= 4 is 5.69 Å². The van der Waals surface area contributed by atoms with E-state index in [1.54, 1.807) is 0 Å². The number of nitrogens with one attached hydrogen (secondary N) is 1. The van der Waals surface area contributed by atoms with E-state index in [4.69, 9.17) is 5.11 Å². The Morgan fingerprint density at radius 1 is 1.16 bits per heavy atom. The van der Waals surface area contributed by atoms with Crippen molar-refractivity contribution in [1.82, 2.24) is 0 Å². The van der Waals surface area contributed by atoms with Crippen LogP contribution >= 0.6 is 0 Å². The van der Waals surface area contributed by atoms with E-state index in [0.717, 1.165) is 12.1 Å². The number of aryl methyl sites for hydroxylation is 1.